The van der Waals surface area contributed by atoms with Crippen LogP contribution in [0.15, 0.2) is 4.79 Å². The maximum Gasteiger partial charge on any atom is 0.267 e. The van der Waals surface area contributed by atoms with Gasteiger partial charge in [0, 0.05) is 16.1 Å². The van der Waals surface area contributed by atoms with Crippen LogP contribution in [0.2, 0.25) is 0 Å². The van der Waals surface area contributed by atoms with E-state index in [1.54, 1.807) is 18.3 Å². The molecule has 118 valence electrons. The van der Waals surface area contributed by atoms with E-state index >= 15 is 0 Å². The smallest absolute Gasteiger partial charge is 0.267 e. The second-order valence-corrected chi connectivity index (χ2v) is 6.89. The van der Waals surface area contributed by atoms with Crippen molar-refractivity contribution in [1.29, 1.82) is 0 Å². The van der Waals surface area contributed by atoms with Gasteiger partial charge < -0.3 is 10.4 Å². The first kappa shape index (κ1) is 15.0. The molecule has 0 aliphatic heterocycles. The van der Waals surface area contributed by atoms with Crippen molar-refractivity contribution in [2.24, 2.45) is 0 Å². The molecule has 1 aliphatic rings. The van der Waals surface area contributed by atoms with Crippen molar-refractivity contribution < 1.29 is 4.79 Å². The molecule has 0 saturated carbocycles. The first-order chi connectivity index (χ1) is 10.5. The highest BCUT2D eigenvalue weighted by Gasteiger charge is 2.20. The number of carbonyl (C=O) groups is 1. The zero-order valence-electron chi connectivity index (χ0n) is 12.8. The van der Waals surface area contributed by atoms with E-state index in [4.69, 9.17) is 0 Å². The molecule has 7 heteroatoms. The number of hydrogen-bond acceptors (Lipinski definition) is 4. The summed E-state index contributed by atoms with van der Waals surface area (Å²) >= 11 is 1.70. The van der Waals surface area contributed by atoms with Gasteiger partial charge in [-0.15, -0.1) is 11.3 Å². The predicted octanol–water partition coefficient (Wildman–Crippen LogP) is 1.77. The minimum Gasteiger partial charge on any atom is -0.347 e. The molecule has 2 aromatic heterocycles. The van der Waals surface area contributed by atoms with E-state index in [0.29, 0.717) is 11.3 Å². The Hall–Kier alpha value is -1.89. The maximum absolute atomic E-state index is 12.1. The van der Waals surface area contributed by atoms with Crippen LogP contribution in [-0.4, -0.2) is 21.1 Å². The molecule has 0 spiro atoms. The van der Waals surface area contributed by atoms with Gasteiger partial charge in [0.25, 0.3) is 5.56 Å². The molecule has 0 aromatic carbocycles. The van der Waals surface area contributed by atoms with Crippen LogP contribution >= 0.6 is 11.3 Å². The Labute approximate surface area is 132 Å². The lowest BCUT2D eigenvalue weighted by Crippen LogP contribution is -2.29. The van der Waals surface area contributed by atoms with Crippen LogP contribution in [0.3, 0.4) is 0 Å². The Morgan fingerprint density at radius 3 is 2.82 bits per heavy atom. The minimum atomic E-state index is -0.231. The van der Waals surface area contributed by atoms with Crippen LogP contribution in [-0.2, 0) is 24.1 Å². The monoisotopic (exact) mass is 320 g/mol. The van der Waals surface area contributed by atoms with Gasteiger partial charge in [-0.1, -0.05) is 0 Å². The number of rotatable bonds is 4. The lowest BCUT2D eigenvalue weighted by atomic mass is 10.0. The molecule has 1 atom stereocenters. The van der Waals surface area contributed by atoms with Crippen LogP contribution in [0, 0.1) is 6.92 Å². The molecule has 6 nitrogen and oxygen atoms in total. The van der Waals surface area contributed by atoms with E-state index in [1.165, 1.54) is 23.4 Å². The summed E-state index contributed by atoms with van der Waals surface area (Å²) in [6, 6.07) is -0.124. The zero-order valence-corrected chi connectivity index (χ0v) is 13.6. The molecule has 0 radical (unpaired) electrons. The summed E-state index contributed by atoms with van der Waals surface area (Å²) in [6.07, 6.45) is 4.66. The first-order valence-electron chi connectivity index (χ1n) is 7.58. The molecule has 22 heavy (non-hydrogen) atoms. The van der Waals surface area contributed by atoms with Crippen LogP contribution in [0.4, 0.5) is 0 Å². The van der Waals surface area contributed by atoms with Crippen molar-refractivity contribution in [3.63, 3.8) is 0 Å². The summed E-state index contributed by atoms with van der Waals surface area (Å²) in [5.74, 6) is -0.158. The number of fused-ring (bicyclic) bond motifs is 1. The van der Waals surface area contributed by atoms with Crippen molar-refractivity contribution in [3.05, 3.63) is 37.2 Å². The third-order valence-electron chi connectivity index (χ3n) is 4.04. The second-order valence-electron chi connectivity index (χ2n) is 5.78. The number of nitrogens with zero attached hydrogens (tertiary/aromatic N) is 1. The Kier molecular flexibility index (Phi) is 4.15. The van der Waals surface area contributed by atoms with Crippen molar-refractivity contribution in [2.75, 3.05) is 0 Å². The third-order valence-corrected chi connectivity index (χ3v) is 5.38. The molecular formula is C15H20N4O2S. The number of aryl methyl sites for hydroxylation is 3. The van der Waals surface area contributed by atoms with E-state index in [1.807, 2.05) is 6.92 Å². The first-order valence-corrected chi connectivity index (χ1v) is 8.40. The molecule has 3 N–H and O–H groups in total. The lowest BCUT2D eigenvalue weighted by Gasteiger charge is -2.10. The van der Waals surface area contributed by atoms with Gasteiger partial charge in [0.15, 0.2) is 0 Å². The van der Waals surface area contributed by atoms with Crippen LogP contribution in [0.5, 0.6) is 0 Å². The number of nitrogens with one attached hydrogen (secondary N) is 3. The summed E-state index contributed by atoms with van der Waals surface area (Å²) < 4.78 is 0. The number of thiazole rings is 1. The number of aromatic nitrogens is 3. The van der Waals surface area contributed by atoms with Gasteiger partial charge in [0.05, 0.1) is 18.2 Å². The van der Waals surface area contributed by atoms with E-state index in [-0.39, 0.29) is 23.9 Å². The van der Waals surface area contributed by atoms with Crippen LogP contribution in [0.25, 0.3) is 0 Å². The number of H-pyrrole nitrogens is 2. The van der Waals surface area contributed by atoms with E-state index < -0.39 is 0 Å². The Morgan fingerprint density at radius 2 is 2.14 bits per heavy atom. The van der Waals surface area contributed by atoms with Crippen LogP contribution in [0.1, 0.15) is 52.6 Å². The molecule has 1 amide bonds. The molecule has 3 rings (SSSR count). The average Bonchev–Trinajstić information content (AvgIpc) is 3.05. The summed E-state index contributed by atoms with van der Waals surface area (Å²) in [6.45, 7) is 3.72. The van der Waals surface area contributed by atoms with Gasteiger partial charge >= 0.3 is 0 Å². The van der Waals surface area contributed by atoms with Crippen molar-refractivity contribution in [1.82, 2.24) is 20.5 Å². The molecule has 0 fully saturated rings. The lowest BCUT2D eigenvalue weighted by molar-refractivity contribution is -0.121. The molecule has 0 saturated heterocycles. The van der Waals surface area contributed by atoms with Crippen molar-refractivity contribution >= 4 is 17.2 Å². The zero-order chi connectivity index (χ0) is 15.7. The van der Waals surface area contributed by atoms with Gasteiger partial charge in [0.2, 0.25) is 5.91 Å². The molecule has 0 bridgehead atoms. The number of carbonyl (C=O) groups excluding carboxylic acids is 1. The predicted molar refractivity (Wildman–Crippen MR) is 85.2 cm³/mol. The number of aromatic amines is 2. The SMILES string of the molecule is Cc1[nH][nH]c(=O)c1CC(=O)N[C@H](C)c1nc2c(s1)CCCC2. The average molecular weight is 320 g/mol. The summed E-state index contributed by atoms with van der Waals surface area (Å²) in [5, 5.41) is 9.12. The van der Waals surface area contributed by atoms with Gasteiger partial charge in [-0.2, -0.15) is 0 Å². The fourth-order valence-corrected chi connectivity index (χ4v) is 3.91. The standard InChI is InChI=1S/C15H20N4O2S/c1-8-10(14(21)19-18-8)7-13(20)16-9(2)15-17-11-5-3-4-6-12(11)22-15/h9H,3-7H2,1-2H3,(H,16,20)(H2,18,19,21)/t9-/m1/s1. The highest BCUT2D eigenvalue weighted by atomic mass is 32.1. The van der Waals surface area contributed by atoms with Gasteiger partial charge in [-0.25, -0.2) is 4.98 Å². The van der Waals surface area contributed by atoms with E-state index in [9.17, 15) is 9.59 Å². The Bertz CT molecular complexity index is 720. The van der Waals surface area contributed by atoms with E-state index in [0.717, 1.165) is 17.8 Å². The molecule has 2 heterocycles. The van der Waals surface area contributed by atoms with Gasteiger partial charge in [-0.05, 0) is 39.5 Å². The summed E-state index contributed by atoms with van der Waals surface area (Å²) in [4.78, 5) is 29.8. The Morgan fingerprint density at radius 1 is 1.36 bits per heavy atom. The van der Waals surface area contributed by atoms with Crippen molar-refractivity contribution in [2.45, 2.75) is 52.0 Å². The van der Waals surface area contributed by atoms with Crippen LogP contribution < -0.4 is 10.9 Å². The number of hydrogen-bond donors (Lipinski definition) is 3. The molecule has 2 aromatic rings. The van der Waals surface area contributed by atoms with E-state index in [2.05, 4.69) is 20.5 Å². The quantitative estimate of drug-likeness (QED) is 0.802. The maximum atomic E-state index is 12.1. The number of amides is 1. The normalized spacial score (nSPS) is 15.4. The topological polar surface area (TPSA) is 90.6 Å². The second kappa shape index (κ2) is 6.08. The fraction of sp³-hybridized carbons (Fsp3) is 0.533. The molecule has 1 aliphatic carbocycles. The van der Waals surface area contributed by atoms with Gasteiger partial charge in [-0.3, -0.25) is 14.7 Å². The minimum absolute atomic E-state index is 0.0834. The molecule has 0 unspecified atom stereocenters. The Balaban J connectivity index is 1.66. The highest BCUT2D eigenvalue weighted by molar-refractivity contribution is 7.11. The highest BCUT2D eigenvalue weighted by Crippen LogP contribution is 2.29. The fourth-order valence-electron chi connectivity index (χ4n) is 2.76. The van der Waals surface area contributed by atoms with Gasteiger partial charge in [0.1, 0.15) is 5.01 Å². The van der Waals surface area contributed by atoms with Crippen molar-refractivity contribution in [3.8, 4) is 0 Å². The molecular weight excluding hydrogens is 300 g/mol. The summed E-state index contributed by atoms with van der Waals surface area (Å²) in [5.41, 5.74) is 2.16. The largest absolute Gasteiger partial charge is 0.347 e. The third kappa shape index (κ3) is 2.99. The summed E-state index contributed by atoms with van der Waals surface area (Å²) in [7, 11) is 0.